The smallest absolute Gasteiger partial charge is 0.345 e. The van der Waals surface area contributed by atoms with Gasteiger partial charge >= 0.3 is 5.97 Å². The predicted octanol–water partition coefficient (Wildman–Crippen LogP) is 4.17. The molecule has 1 aromatic heterocycles. The molecule has 134 valence electrons. The molecule has 3 rings (SSSR count). The number of hydrogen-bond acceptors (Lipinski definition) is 3. The maximum Gasteiger partial charge on any atom is 0.345 e. The fraction of sp³-hybridized carbons (Fsp3) is 0.158. The molecule has 5 nitrogen and oxygen atoms in total. The Morgan fingerprint density at radius 2 is 1.85 bits per heavy atom. The number of aromatic nitrogens is 2. The van der Waals surface area contributed by atoms with Gasteiger partial charge in [0.05, 0.1) is 23.9 Å². The van der Waals surface area contributed by atoms with Crippen molar-refractivity contribution in [2.45, 2.75) is 13.5 Å². The zero-order valence-electron chi connectivity index (χ0n) is 14.0. The van der Waals surface area contributed by atoms with Crippen LogP contribution in [-0.2, 0) is 11.3 Å². The molecule has 0 aliphatic heterocycles. The lowest BCUT2D eigenvalue weighted by Gasteiger charge is -2.13. The average molecular weight is 391 g/mol. The van der Waals surface area contributed by atoms with Gasteiger partial charge in [-0.1, -0.05) is 53.5 Å². The summed E-state index contributed by atoms with van der Waals surface area (Å²) in [5.41, 5.74) is 0.863. The normalized spacial score (nSPS) is 10.7. The molecule has 0 aliphatic rings. The first-order chi connectivity index (χ1) is 12.5. The maximum atomic E-state index is 12.9. The van der Waals surface area contributed by atoms with Crippen LogP contribution in [0.25, 0.3) is 5.69 Å². The lowest BCUT2D eigenvalue weighted by atomic mass is 10.2. The van der Waals surface area contributed by atoms with Crippen LogP contribution in [0.4, 0.5) is 0 Å². The fourth-order valence-electron chi connectivity index (χ4n) is 2.63. The standard InChI is InChI=1S/C19H16Cl2N2O3/c1-2-26-19(25)15-12-22(11-13-6-4-3-5-7-13)23(18(15)24)17-9-8-14(20)10-16(17)21/h3-10,12H,2,11H2,1H3. The van der Waals surface area contributed by atoms with Crippen molar-refractivity contribution < 1.29 is 9.53 Å². The minimum absolute atomic E-state index is 0.0474. The Hall–Kier alpha value is -2.50. The van der Waals surface area contributed by atoms with Gasteiger partial charge in [0.15, 0.2) is 0 Å². The summed E-state index contributed by atoms with van der Waals surface area (Å²) in [7, 11) is 0. The van der Waals surface area contributed by atoms with Gasteiger partial charge < -0.3 is 4.74 Å². The molecule has 0 saturated heterocycles. The molecular formula is C19H16Cl2N2O3. The van der Waals surface area contributed by atoms with Crippen molar-refractivity contribution in [3.05, 3.63) is 86.3 Å². The van der Waals surface area contributed by atoms with Crippen molar-refractivity contribution in [3.63, 3.8) is 0 Å². The van der Waals surface area contributed by atoms with E-state index in [0.717, 1.165) is 5.56 Å². The molecule has 3 aromatic rings. The second-order valence-corrected chi connectivity index (χ2v) is 6.40. The van der Waals surface area contributed by atoms with Crippen LogP contribution in [0.2, 0.25) is 10.0 Å². The molecular weight excluding hydrogens is 375 g/mol. The molecule has 0 aliphatic carbocycles. The molecule has 2 aromatic carbocycles. The van der Waals surface area contributed by atoms with Gasteiger partial charge in [-0.05, 0) is 30.7 Å². The molecule has 0 radical (unpaired) electrons. The molecule has 0 fully saturated rings. The van der Waals surface area contributed by atoms with E-state index in [2.05, 4.69) is 0 Å². The summed E-state index contributed by atoms with van der Waals surface area (Å²) in [5.74, 6) is -0.664. The topological polar surface area (TPSA) is 53.2 Å². The number of nitrogens with zero attached hydrogens (tertiary/aromatic N) is 2. The Morgan fingerprint density at radius 1 is 1.12 bits per heavy atom. The van der Waals surface area contributed by atoms with Crippen molar-refractivity contribution in [3.8, 4) is 5.69 Å². The highest BCUT2D eigenvalue weighted by Crippen LogP contribution is 2.24. The minimum atomic E-state index is -0.664. The third kappa shape index (κ3) is 3.69. The van der Waals surface area contributed by atoms with Crippen LogP contribution in [0, 0.1) is 0 Å². The number of ether oxygens (including phenoxy) is 1. The quantitative estimate of drug-likeness (QED) is 0.614. The SMILES string of the molecule is CCOC(=O)c1cn(Cc2ccccc2)n(-c2ccc(Cl)cc2Cl)c1=O. The van der Waals surface area contributed by atoms with E-state index in [0.29, 0.717) is 22.3 Å². The molecule has 26 heavy (non-hydrogen) atoms. The van der Waals surface area contributed by atoms with Crippen LogP contribution in [0.3, 0.4) is 0 Å². The summed E-state index contributed by atoms with van der Waals surface area (Å²) < 4.78 is 7.99. The van der Waals surface area contributed by atoms with E-state index in [9.17, 15) is 9.59 Å². The van der Waals surface area contributed by atoms with Crippen LogP contribution >= 0.6 is 23.2 Å². The zero-order chi connectivity index (χ0) is 18.7. The summed E-state index contributed by atoms with van der Waals surface area (Å²) in [4.78, 5) is 25.0. The molecule has 0 bridgehead atoms. The monoisotopic (exact) mass is 390 g/mol. The highest BCUT2D eigenvalue weighted by atomic mass is 35.5. The molecule has 0 unspecified atom stereocenters. The Morgan fingerprint density at radius 3 is 2.50 bits per heavy atom. The van der Waals surface area contributed by atoms with Crippen molar-refractivity contribution >= 4 is 29.2 Å². The molecule has 0 N–H and O–H groups in total. The number of carbonyl (C=O) groups is 1. The highest BCUT2D eigenvalue weighted by molar-refractivity contribution is 6.35. The van der Waals surface area contributed by atoms with Gasteiger partial charge in [-0.2, -0.15) is 0 Å². The van der Waals surface area contributed by atoms with E-state index in [1.807, 2.05) is 30.3 Å². The van der Waals surface area contributed by atoms with Gasteiger partial charge in [0.25, 0.3) is 5.56 Å². The van der Waals surface area contributed by atoms with Gasteiger partial charge in [-0.15, -0.1) is 0 Å². The van der Waals surface area contributed by atoms with E-state index in [1.165, 1.54) is 10.9 Å². The van der Waals surface area contributed by atoms with Gasteiger partial charge in [0.1, 0.15) is 5.56 Å². The third-order valence-corrected chi connectivity index (χ3v) is 4.32. The van der Waals surface area contributed by atoms with Crippen LogP contribution in [0.1, 0.15) is 22.8 Å². The van der Waals surface area contributed by atoms with Crippen molar-refractivity contribution in [2.75, 3.05) is 6.61 Å². The van der Waals surface area contributed by atoms with Gasteiger partial charge in [-0.3, -0.25) is 9.48 Å². The van der Waals surface area contributed by atoms with Crippen molar-refractivity contribution in [1.29, 1.82) is 0 Å². The molecule has 1 heterocycles. The molecule has 7 heteroatoms. The third-order valence-electron chi connectivity index (χ3n) is 3.78. The molecule has 0 spiro atoms. The molecule has 0 amide bonds. The van der Waals surface area contributed by atoms with Crippen LogP contribution in [-0.4, -0.2) is 21.9 Å². The van der Waals surface area contributed by atoms with Crippen molar-refractivity contribution in [2.24, 2.45) is 0 Å². The van der Waals surface area contributed by atoms with Crippen molar-refractivity contribution in [1.82, 2.24) is 9.36 Å². The number of benzene rings is 2. The fourth-order valence-corrected chi connectivity index (χ4v) is 3.12. The summed E-state index contributed by atoms with van der Waals surface area (Å²) in [6.45, 7) is 2.26. The Kier molecular flexibility index (Phi) is 5.49. The van der Waals surface area contributed by atoms with Crippen LogP contribution in [0.5, 0.6) is 0 Å². The predicted molar refractivity (Wildman–Crippen MR) is 102 cm³/mol. The summed E-state index contributed by atoms with van der Waals surface area (Å²) >= 11 is 12.2. The summed E-state index contributed by atoms with van der Waals surface area (Å²) in [6.07, 6.45) is 1.48. The second-order valence-electron chi connectivity index (χ2n) is 5.56. The average Bonchev–Trinajstić information content (AvgIpc) is 2.93. The number of carbonyl (C=O) groups excluding carboxylic acids is 1. The highest BCUT2D eigenvalue weighted by Gasteiger charge is 2.21. The first-order valence-electron chi connectivity index (χ1n) is 8.00. The lowest BCUT2D eigenvalue weighted by molar-refractivity contribution is 0.0524. The number of esters is 1. The van der Waals surface area contributed by atoms with E-state index in [-0.39, 0.29) is 12.2 Å². The van der Waals surface area contributed by atoms with Gasteiger partial charge in [-0.25, -0.2) is 9.48 Å². The maximum absolute atomic E-state index is 12.9. The van der Waals surface area contributed by atoms with Gasteiger partial charge in [0.2, 0.25) is 0 Å². The summed E-state index contributed by atoms with van der Waals surface area (Å²) in [5, 5.41) is 0.765. The van der Waals surface area contributed by atoms with Crippen LogP contribution < -0.4 is 5.56 Å². The number of rotatable bonds is 5. The largest absolute Gasteiger partial charge is 0.462 e. The van der Waals surface area contributed by atoms with Gasteiger partial charge in [0, 0.05) is 11.2 Å². The number of halogens is 2. The minimum Gasteiger partial charge on any atom is -0.462 e. The van der Waals surface area contributed by atoms with E-state index < -0.39 is 11.5 Å². The number of hydrogen-bond donors (Lipinski definition) is 0. The van der Waals surface area contributed by atoms with Crippen LogP contribution in [0.15, 0.2) is 59.5 Å². The lowest BCUT2D eigenvalue weighted by Crippen LogP contribution is -2.25. The zero-order valence-corrected chi connectivity index (χ0v) is 15.5. The first-order valence-corrected chi connectivity index (χ1v) is 8.75. The van der Waals surface area contributed by atoms with E-state index in [1.54, 1.807) is 29.8 Å². The Labute approximate surface area is 160 Å². The van der Waals surface area contributed by atoms with E-state index in [4.69, 9.17) is 27.9 Å². The summed E-state index contributed by atoms with van der Waals surface area (Å²) in [6, 6.07) is 14.4. The van der Waals surface area contributed by atoms with E-state index >= 15 is 0 Å². The Balaban J connectivity index is 2.16. The molecule has 0 saturated carbocycles. The first kappa shape index (κ1) is 18.3. The molecule has 0 atom stereocenters. The Bertz CT molecular complexity index is 994. The second kappa shape index (κ2) is 7.81.